The van der Waals surface area contributed by atoms with Crippen LogP contribution in [0.25, 0.3) is 0 Å². The number of hydrogen-bond acceptors (Lipinski definition) is 6. The molecule has 38 heavy (non-hydrogen) atoms. The van der Waals surface area contributed by atoms with E-state index in [9.17, 15) is 18.7 Å². The summed E-state index contributed by atoms with van der Waals surface area (Å²) < 4.78 is 43.9. The number of alkyl halides is 2. The lowest BCUT2D eigenvalue weighted by Crippen LogP contribution is -2.37. The highest BCUT2D eigenvalue weighted by atomic mass is 19.3. The number of carbonyl (C=O) groups excluding carboxylic acids is 1. The number of ether oxygens (including phenoxy) is 3. The second kappa shape index (κ2) is 11.3. The summed E-state index contributed by atoms with van der Waals surface area (Å²) in [6.07, 6.45) is -1.38. The van der Waals surface area contributed by atoms with E-state index in [0.717, 1.165) is 46.7 Å². The number of rotatable bonds is 8. The van der Waals surface area contributed by atoms with Gasteiger partial charge in [-0.3, -0.25) is 4.79 Å². The molecule has 0 spiro atoms. The van der Waals surface area contributed by atoms with E-state index in [1.165, 1.54) is 0 Å². The molecule has 5 rings (SSSR count). The van der Waals surface area contributed by atoms with Gasteiger partial charge >= 0.3 is 0 Å². The number of methoxy groups -OCH3 is 1. The zero-order chi connectivity index (χ0) is 26.6. The second-order valence-electron chi connectivity index (χ2n) is 9.48. The normalized spacial score (nSPS) is 16.8. The van der Waals surface area contributed by atoms with Crippen LogP contribution in [0.4, 0.5) is 14.5 Å². The summed E-state index contributed by atoms with van der Waals surface area (Å²) in [4.78, 5) is 15.4. The maximum atomic E-state index is 13.8. The monoisotopic (exact) mass is 524 g/mol. The zero-order valence-electron chi connectivity index (χ0n) is 21.1. The minimum Gasteiger partial charge on any atom is -0.507 e. The second-order valence-corrected chi connectivity index (χ2v) is 9.48. The van der Waals surface area contributed by atoms with E-state index in [4.69, 9.17) is 14.2 Å². The highest BCUT2D eigenvalue weighted by molar-refractivity contribution is 6.00. The van der Waals surface area contributed by atoms with Crippen LogP contribution in [0.2, 0.25) is 0 Å². The van der Waals surface area contributed by atoms with Crippen LogP contribution in [0.1, 0.15) is 45.5 Å². The largest absolute Gasteiger partial charge is 0.507 e. The van der Waals surface area contributed by atoms with Crippen molar-refractivity contribution in [2.45, 2.75) is 38.5 Å². The molecule has 3 aromatic rings. The summed E-state index contributed by atoms with van der Waals surface area (Å²) in [6, 6.07) is 15.3. The number of nitrogens with zero attached hydrogens (tertiary/aromatic N) is 1. The molecular weight excluding hydrogens is 494 g/mol. The number of benzene rings is 3. The first-order chi connectivity index (χ1) is 18.4. The van der Waals surface area contributed by atoms with E-state index in [2.05, 4.69) is 5.32 Å². The van der Waals surface area contributed by atoms with Crippen LogP contribution >= 0.6 is 0 Å². The van der Waals surface area contributed by atoms with E-state index in [-0.39, 0.29) is 30.5 Å². The Morgan fingerprint density at radius 2 is 2.03 bits per heavy atom. The van der Waals surface area contributed by atoms with Crippen LogP contribution in [0.5, 0.6) is 17.2 Å². The molecule has 0 radical (unpaired) electrons. The van der Waals surface area contributed by atoms with E-state index < -0.39 is 23.6 Å². The van der Waals surface area contributed by atoms with Gasteiger partial charge in [-0.05, 0) is 47.7 Å². The minimum atomic E-state index is -2.82. The van der Waals surface area contributed by atoms with Crippen molar-refractivity contribution in [3.05, 3.63) is 82.4 Å². The molecule has 2 heterocycles. The Morgan fingerprint density at radius 3 is 2.74 bits per heavy atom. The SMILES string of the molecule is COc1cc2c(c(N[C@H]3CCOC3)c1)CN(C(=O)c1c(O)cc(C(F)F)cc1OCc1ccccc1)CC2. The molecule has 3 aromatic carbocycles. The molecule has 1 amide bonds. The highest BCUT2D eigenvalue weighted by Gasteiger charge is 2.30. The Morgan fingerprint density at radius 1 is 1.21 bits per heavy atom. The Balaban J connectivity index is 1.44. The van der Waals surface area contributed by atoms with Gasteiger partial charge in [0.05, 0.1) is 19.8 Å². The predicted molar refractivity (Wildman–Crippen MR) is 138 cm³/mol. The third-order valence-electron chi connectivity index (χ3n) is 6.93. The van der Waals surface area contributed by atoms with E-state index in [0.29, 0.717) is 26.2 Å². The molecule has 0 saturated carbocycles. The number of phenolic OH excluding ortho intramolecular Hbond substituents is 1. The average molecular weight is 525 g/mol. The molecule has 2 N–H and O–H groups in total. The van der Waals surface area contributed by atoms with Crippen LogP contribution in [0.15, 0.2) is 54.6 Å². The van der Waals surface area contributed by atoms with Gasteiger partial charge in [-0.1, -0.05) is 30.3 Å². The fraction of sp³-hybridized carbons (Fsp3) is 0.345. The van der Waals surface area contributed by atoms with Gasteiger partial charge in [-0.2, -0.15) is 0 Å². The van der Waals surface area contributed by atoms with Crippen LogP contribution in [0.3, 0.4) is 0 Å². The van der Waals surface area contributed by atoms with Gasteiger partial charge in [0.2, 0.25) is 0 Å². The van der Waals surface area contributed by atoms with E-state index in [1.54, 1.807) is 12.0 Å². The maximum Gasteiger partial charge on any atom is 0.264 e. The van der Waals surface area contributed by atoms with Crippen molar-refractivity contribution < 1.29 is 32.9 Å². The van der Waals surface area contributed by atoms with Crippen molar-refractivity contribution in [3.63, 3.8) is 0 Å². The number of halogens is 2. The first-order valence-electron chi connectivity index (χ1n) is 12.6. The van der Waals surface area contributed by atoms with Crippen molar-refractivity contribution >= 4 is 11.6 Å². The summed E-state index contributed by atoms with van der Waals surface area (Å²) in [5, 5.41) is 14.2. The fourth-order valence-electron chi connectivity index (χ4n) is 4.90. The van der Waals surface area contributed by atoms with Crippen molar-refractivity contribution in [1.29, 1.82) is 0 Å². The number of aromatic hydroxyl groups is 1. The molecule has 7 nitrogen and oxygen atoms in total. The molecular formula is C29H30F2N2O5. The molecule has 0 bridgehead atoms. The number of nitrogens with one attached hydrogen (secondary N) is 1. The number of carbonyl (C=O) groups is 1. The molecule has 0 unspecified atom stereocenters. The lowest BCUT2D eigenvalue weighted by molar-refractivity contribution is 0.0726. The number of anilines is 1. The molecule has 200 valence electrons. The molecule has 2 aliphatic rings. The Hall–Kier alpha value is -3.85. The van der Waals surface area contributed by atoms with Gasteiger partial charge in [0.1, 0.15) is 29.4 Å². The first-order valence-corrected chi connectivity index (χ1v) is 12.6. The predicted octanol–water partition coefficient (Wildman–Crippen LogP) is 5.32. The summed E-state index contributed by atoms with van der Waals surface area (Å²) in [6.45, 7) is 2.02. The lowest BCUT2D eigenvalue weighted by Gasteiger charge is -2.32. The van der Waals surface area contributed by atoms with Gasteiger partial charge in [0.15, 0.2) is 0 Å². The third kappa shape index (κ3) is 5.52. The fourth-order valence-corrected chi connectivity index (χ4v) is 4.90. The summed E-state index contributed by atoms with van der Waals surface area (Å²) in [5.41, 5.74) is 3.15. The molecule has 2 aliphatic heterocycles. The number of fused-ring (bicyclic) bond motifs is 1. The first kappa shape index (κ1) is 25.8. The lowest BCUT2D eigenvalue weighted by atomic mass is 9.96. The Kier molecular flexibility index (Phi) is 7.64. The van der Waals surface area contributed by atoms with Gasteiger partial charge < -0.3 is 29.5 Å². The Labute approximate surface area is 219 Å². The third-order valence-corrected chi connectivity index (χ3v) is 6.93. The van der Waals surface area contributed by atoms with Gasteiger partial charge in [0.25, 0.3) is 12.3 Å². The summed E-state index contributed by atoms with van der Waals surface area (Å²) in [5.74, 6) is -0.362. The number of hydrogen-bond donors (Lipinski definition) is 2. The summed E-state index contributed by atoms with van der Waals surface area (Å²) in [7, 11) is 1.62. The van der Waals surface area contributed by atoms with Crippen molar-refractivity contribution in [3.8, 4) is 17.2 Å². The molecule has 1 atom stereocenters. The van der Waals surface area contributed by atoms with Gasteiger partial charge in [-0.25, -0.2) is 8.78 Å². The molecule has 1 saturated heterocycles. The van der Waals surface area contributed by atoms with Gasteiger partial charge in [-0.15, -0.1) is 0 Å². The standard InChI is InChI=1S/C29H30F2N2O5/c1-36-22-11-19-7-9-33(15-23(19)24(14-22)32-21-8-10-37-17-21)29(35)27-25(34)12-20(28(30)31)13-26(27)38-16-18-5-3-2-4-6-18/h2-6,11-14,21,28,32,34H,7-10,15-17H2,1H3/t21-/m0/s1. The topological polar surface area (TPSA) is 80.3 Å². The van der Waals surface area contributed by atoms with Crippen molar-refractivity contribution in [2.24, 2.45) is 0 Å². The van der Waals surface area contributed by atoms with Crippen LogP contribution < -0.4 is 14.8 Å². The van der Waals surface area contributed by atoms with Gasteiger partial charge in [0, 0.05) is 37.0 Å². The number of amides is 1. The Bertz CT molecular complexity index is 1300. The van der Waals surface area contributed by atoms with Crippen molar-refractivity contribution in [1.82, 2.24) is 4.90 Å². The quantitative estimate of drug-likeness (QED) is 0.416. The molecule has 0 aromatic heterocycles. The molecule has 1 fully saturated rings. The average Bonchev–Trinajstić information content (AvgIpc) is 3.44. The van der Waals surface area contributed by atoms with Crippen LogP contribution in [-0.4, -0.2) is 48.8 Å². The van der Waals surface area contributed by atoms with Crippen molar-refractivity contribution in [2.75, 3.05) is 32.2 Å². The van der Waals surface area contributed by atoms with Crippen LogP contribution in [-0.2, 0) is 24.3 Å². The molecule has 0 aliphatic carbocycles. The number of phenols is 1. The van der Waals surface area contributed by atoms with E-state index in [1.807, 2.05) is 42.5 Å². The zero-order valence-corrected chi connectivity index (χ0v) is 21.1. The molecule has 9 heteroatoms. The van der Waals surface area contributed by atoms with Crippen LogP contribution in [0, 0.1) is 0 Å². The smallest absolute Gasteiger partial charge is 0.264 e. The highest BCUT2D eigenvalue weighted by Crippen LogP contribution is 2.38. The summed E-state index contributed by atoms with van der Waals surface area (Å²) >= 11 is 0. The van der Waals surface area contributed by atoms with E-state index >= 15 is 0 Å². The maximum absolute atomic E-state index is 13.8. The minimum absolute atomic E-state index is 0.0629.